The number of primary amides is 1. The molecule has 3 aromatic rings. The zero-order valence-corrected chi connectivity index (χ0v) is 15.5. The molecule has 140 valence electrons. The molecule has 6 nitrogen and oxygen atoms in total. The van der Waals surface area contributed by atoms with Gasteiger partial charge in [-0.2, -0.15) is 0 Å². The fourth-order valence-electron chi connectivity index (χ4n) is 3.16. The number of aryl methyl sites for hydroxylation is 1. The molecule has 0 spiro atoms. The third kappa shape index (κ3) is 3.65. The molecule has 6 heteroatoms. The van der Waals surface area contributed by atoms with Crippen molar-refractivity contribution in [1.82, 2.24) is 4.57 Å². The van der Waals surface area contributed by atoms with Gasteiger partial charge in [-0.1, -0.05) is 12.1 Å². The van der Waals surface area contributed by atoms with Gasteiger partial charge in [0.25, 0.3) is 0 Å². The summed E-state index contributed by atoms with van der Waals surface area (Å²) in [6.45, 7) is 6.15. The molecule has 3 rings (SSSR count). The summed E-state index contributed by atoms with van der Waals surface area (Å²) < 4.78 is 7.62. The van der Waals surface area contributed by atoms with E-state index in [9.17, 15) is 9.59 Å². The highest BCUT2D eigenvalue weighted by Gasteiger charge is 2.15. The number of nitrogens with two attached hydrogens (primary N) is 1. The van der Waals surface area contributed by atoms with Crippen LogP contribution >= 0.6 is 0 Å². The van der Waals surface area contributed by atoms with Gasteiger partial charge in [0.1, 0.15) is 5.75 Å². The first kappa shape index (κ1) is 18.5. The topological polar surface area (TPSA) is 94.6 Å². The Morgan fingerprint density at radius 1 is 1.19 bits per heavy atom. The van der Waals surface area contributed by atoms with E-state index in [-0.39, 0.29) is 0 Å². The van der Waals surface area contributed by atoms with Gasteiger partial charge in [-0.05, 0) is 62.2 Å². The smallest absolute Gasteiger partial charge is 0.344 e. The highest BCUT2D eigenvalue weighted by atomic mass is 16.5. The molecular formula is C21H22N2O4. The molecule has 1 amide bonds. The second-order valence-electron chi connectivity index (χ2n) is 6.64. The van der Waals surface area contributed by atoms with Crippen LogP contribution in [0.2, 0.25) is 0 Å². The Hall–Kier alpha value is -3.28. The Kier molecular flexibility index (Phi) is 4.90. The Morgan fingerprint density at radius 3 is 2.59 bits per heavy atom. The predicted molar refractivity (Wildman–Crippen MR) is 103 cm³/mol. The molecule has 0 aliphatic heterocycles. The van der Waals surface area contributed by atoms with Gasteiger partial charge in [0.05, 0.1) is 0 Å². The number of carbonyl (C=O) groups excluding carboxylic acids is 1. The molecular weight excluding hydrogens is 344 g/mol. The number of carboxylic acid groups (broad SMARTS) is 1. The number of carbonyl (C=O) groups is 2. The van der Waals surface area contributed by atoms with Gasteiger partial charge in [0, 0.05) is 28.7 Å². The van der Waals surface area contributed by atoms with Gasteiger partial charge >= 0.3 is 5.97 Å². The number of hydrogen-bond donors (Lipinski definition) is 2. The molecule has 0 bridgehead atoms. The minimum atomic E-state index is -1.01. The first-order valence-corrected chi connectivity index (χ1v) is 8.65. The normalized spacial score (nSPS) is 12.1. The summed E-state index contributed by atoms with van der Waals surface area (Å²) in [7, 11) is 0. The maximum atomic E-state index is 11.5. The van der Waals surface area contributed by atoms with Crippen LogP contribution in [0.25, 0.3) is 10.9 Å². The van der Waals surface area contributed by atoms with Crippen LogP contribution in [0.5, 0.6) is 5.75 Å². The lowest BCUT2D eigenvalue weighted by Crippen LogP contribution is -2.22. The molecule has 2 aromatic carbocycles. The van der Waals surface area contributed by atoms with Gasteiger partial charge in [-0.15, -0.1) is 0 Å². The number of hydrogen-bond acceptors (Lipinski definition) is 3. The van der Waals surface area contributed by atoms with Crippen LogP contribution in [0, 0.1) is 13.8 Å². The zero-order chi connectivity index (χ0) is 19.7. The highest BCUT2D eigenvalue weighted by Crippen LogP contribution is 2.28. The third-order valence-corrected chi connectivity index (χ3v) is 4.82. The van der Waals surface area contributed by atoms with Gasteiger partial charge in [-0.3, -0.25) is 4.79 Å². The van der Waals surface area contributed by atoms with Crippen LogP contribution in [0.3, 0.4) is 0 Å². The Labute approximate surface area is 157 Å². The van der Waals surface area contributed by atoms with E-state index in [2.05, 4.69) is 4.57 Å². The lowest BCUT2D eigenvalue weighted by Gasteiger charge is -2.13. The highest BCUT2D eigenvalue weighted by molar-refractivity contribution is 5.98. The van der Waals surface area contributed by atoms with E-state index >= 15 is 0 Å². The summed E-state index contributed by atoms with van der Waals surface area (Å²) in [6.07, 6.45) is -0.913. The van der Waals surface area contributed by atoms with E-state index in [1.807, 2.05) is 44.2 Å². The van der Waals surface area contributed by atoms with E-state index in [1.165, 1.54) is 6.92 Å². The number of aromatic nitrogens is 1. The van der Waals surface area contributed by atoms with Crippen LogP contribution in [0.15, 0.2) is 42.5 Å². The van der Waals surface area contributed by atoms with E-state index in [0.29, 0.717) is 17.9 Å². The predicted octanol–water partition coefficient (Wildman–Crippen LogP) is 3.26. The Balaban J connectivity index is 1.96. The molecule has 3 N–H and O–H groups in total. The Bertz CT molecular complexity index is 1040. The number of nitrogens with zero attached hydrogens (tertiary/aromatic N) is 1. The molecule has 0 saturated carbocycles. The number of fused-ring (bicyclic) bond motifs is 1. The third-order valence-electron chi connectivity index (χ3n) is 4.82. The van der Waals surface area contributed by atoms with Gasteiger partial charge in [-0.25, -0.2) is 4.79 Å². The number of benzene rings is 2. The summed E-state index contributed by atoms with van der Waals surface area (Å²) in [5, 5.41) is 10.0. The van der Waals surface area contributed by atoms with Crippen LogP contribution in [-0.4, -0.2) is 27.7 Å². The molecule has 27 heavy (non-hydrogen) atoms. The maximum Gasteiger partial charge on any atom is 0.344 e. The SMILES string of the molecule is Cc1c(C)n(Cc2cccc(O[C@H](C)C(=O)O)c2)c2ccc(C(N)=O)cc12. The quantitative estimate of drug-likeness (QED) is 0.700. The minimum absolute atomic E-state index is 0.445. The van der Waals surface area contributed by atoms with Crippen molar-refractivity contribution in [3.8, 4) is 5.75 Å². The van der Waals surface area contributed by atoms with Crippen molar-refractivity contribution in [2.75, 3.05) is 0 Å². The van der Waals surface area contributed by atoms with E-state index in [1.54, 1.807) is 12.1 Å². The van der Waals surface area contributed by atoms with Crippen molar-refractivity contribution in [3.63, 3.8) is 0 Å². The molecule has 1 heterocycles. The van der Waals surface area contributed by atoms with Crippen LogP contribution in [0.1, 0.15) is 34.1 Å². The average Bonchev–Trinajstić information content (AvgIpc) is 2.86. The van der Waals surface area contributed by atoms with Crippen molar-refractivity contribution in [2.45, 2.75) is 33.4 Å². The van der Waals surface area contributed by atoms with Crippen molar-refractivity contribution in [3.05, 3.63) is 64.8 Å². The van der Waals surface area contributed by atoms with Gasteiger partial charge < -0.3 is 20.1 Å². The standard InChI is InChI=1S/C21H22N2O4/c1-12-13(2)23(19-8-7-16(20(22)24)10-18(12)19)11-15-5-4-6-17(9-15)27-14(3)21(25)26/h4-10,14H,11H2,1-3H3,(H2,22,24)(H,25,26)/t14-/m1/s1. The van der Waals surface area contributed by atoms with E-state index < -0.39 is 18.0 Å². The molecule has 0 aliphatic carbocycles. The second kappa shape index (κ2) is 7.15. The summed E-state index contributed by atoms with van der Waals surface area (Å²) >= 11 is 0. The fraction of sp³-hybridized carbons (Fsp3) is 0.238. The zero-order valence-electron chi connectivity index (χ0n) is 15.5. The van der Waals surface area contributed by atoms with Crippen LogP contribution in [-0.2, 0) is 11.3 Å². The fourth-order valence-corrected chi connectivity index (χ4v) is 3.16. The number of rotatable bonds is 6. The summed E-state index contributed by atoms with van der Waals surface area (Å²) in [5.41, 5.74) is 10.1. The minimum Gasteiger partial charge on any atom is -0.479 e. The molecule has 0 fully saturated rings. The molecule has 0 saturated heterocycles. The summed E-state index contributed by atoms with van der Waals surface area (Å²) in [4.78, 5) is 22.5. The molecule has 0 unspecified atom stereocenters. The Morgan fingerprint density at radius 2 is 1.93 bits per heavy atom. The average molecular weight is 366 g/mol. The van der Waals surface area contributed by atoms with Crippen LogP contribution < -0.4 is 10.5 Å². The number of ether oxygens (including phenoxy) is 1. The lowest BCUT2D eigenvalue weighted by atomic mass is 10.1. The van der Waals surface area contributed by atoms with Crippen molar-refractivity contribution in [2.24, 2.45) is 5.73 Å². The summed E-state index contributed by atoms with van der Waals surface area (Å²) in [6, 6.07) is 12.9. The maximum absolute atomic E-state index is 11.5. The van der Waals surface area contributed by atoms with Crippen LogP contribution in [0.4, 0.5) is 0 Å². The largest absolute Gasteiger partial charge is 0.479 e. The number of aliphatic carboxylic acids is 1. The van der Waals surface area contributed by atoms with E-state index in [4.69, 9.17) is 15.6 Å². The van der Waals surface area contributed by atoms with Gasteiger partial charge in [0.2, 0.25) is 5.91 Å². The summed E-state index contributed by atoms with van der Waals surface area (Å²) in [5.74, 6) is -0.933. The monoisotopic (exact) mass is 366 g/mol. The van der Waals surface area contributed by atoms with Crippen molar-refractivity contribution < 1.29 is 19.4 Å². The molecule has 0 aliphatic rings. The first-order valence-electron chi connectivity index (χ1n) is 8.65. The lowest BCUT2D eigenvalue weighted by molar-refractivity contribution is -0.144. The number of amides is 1. The van der Waals surface area contributed by atoms with Crippen molar-refractivity contribution >= 4 is 22.8 Å². The first-order chi connectivity index (χ1) is 12.8. The van der Waals surface area contributed by atoms with E-state index in [0.717, 1.165) is 27.7 Å². The molecule has 0 radical (unpaired) electrons. The number of carboxylic acids is 1. The molecule has 1 aromatic heterocycles. The van der Waals surface area contributed by atoms with Crippen molar-refractivity contribution in [1.29, 1.82) is 0 Å². The second-order valence-corrected chi connectivity index (χ2v) is 6.64. The molecule has 1 atom stereocenters. The van der Waals surface area contributed by atoms with Gasteiger partial charge in [0.15, 0.2) is 6.10 Å².